The van der Waals surface area contributed by atoms with Gasteiger partial charge in [0.1, 0.15) is 6.10 Å². The second-order valence-corrected chi connectivity index (χ2v) is 9.46. The van der Waals surface area contributed by atoms with E-state index in [0.29, 0.717) is 22.5 Å². The van der Waals surface area contributed by atoms with Crippen LogP contribution in [0.5, 0.6) is 0 Å². The van der Waals surface area contributed by atoms with Gasteiger partial charge < -0.3 is 15.4 Å². The standard InChI is InChI=1S/C29H27ClN2O3/c1-17-26(28(30)33)27(22-12-11-20-9-6-10-21(20)15-22)32-24-14-13-23(16-25(24)31-17)29(34)35-18(2)19-7-4-3-5-8-19/h3-5,7-8,11-16,18,27,31-32H,6,9-10H2,1-2H3. The van der Waals surface area contributed by atoms with Crippen molar-refractivity contribution >= 4 is 34.2 Å². The van der Waals surface area contributed by atoms with E-state index in [2.05, 4.69) is 28.8 Å². The van der Waals surface area contributed by atoms with Crippen molar-refractivity contribution in [1.29, 1.82) is 0 Å². The zero-order valence-electron chi connectivity index (χ0n) is 19.7. The zero-order valence-corrected chi connectivity index (χ0v) is 20.5. The highest BCUT2D eigenvalue weighted by Crippen LogP contribution is 2.39. The molecule has 1 aliphatic heterocycles. The fourth-order valence-corrected chi connectivity index (χ4v) is 5.17. The summed E-state index contributed by atoms with van der Waals surface area (Å²) in [5, 5.41) is 6.26. The van der Waals surface area contributed by atoms with Gasteiger partial charge in [0.2, 0.25) is 0 Å². The number of allylic oxidation sites excluding steroid dienone is 1. The minimum atomic E-state index is -0.517. The highest BCUT2D eigenvalue weighted by atomic mass is 35.5. The molecular formula is C29H27ClN2O3. The van der Waals surface area contributed by atoms with Crippen LogP contribution in [0.3, 0.4) is 0 Å². The van der Waals surface area contributed by atoms with E-state index in [9.17, 15) is 9.59 Å². The summed E-state index contributed by atoms with van der Waals surface area (Å²) in [5.74, 6) is -0.416. The first-order chi connectivity index (χ1) is 16.9. The maximum Gasteiger partial charge on any atom is 0.338 e. The first-order valence-corrected chi connectivity index (χ1v) is 12.2. The Hall–Kier alpha value is -3.57. The van der Waals surface area contributed by atoms with Crippen molar-refractivity contribution in [3.63, 3.8) is 0 Å². The van der Waals surface area contributed by atoms with Crippen LogP contribution in [0.2, 0.25) is 0 Å². The van der Waals surface area contributed by atoms with E-state index in [0.717, 1.165) is 36.1 Å². The van der Waals surface area contributed by atoms with Gasteiger partial charge in [0.15, 0.2) is 0 Å². The Labute approximate surface area is 210 Å². The molecule has 0 bridgehead atoms. The van der Waals surface area contributed by atoms with E-state index in [-0.39, 0.29) is 6.10 Å². The van der Waals surface area contributed by atoms with E-state index in [1.165, 1.54) is 11.1 Å². The molecule has 1 aliphatic carbocycles. The summed E-state index contributed by atoms with van der Waals surface area (Å²) in [6, 6.07) is 20.9. The van der Waals surface area contributed by atoms with Gasteiger partial charge in [0, 0.05) is 5.70 Å². The van der Waals surface area contributed by atoms with Crippen LogP contribution in [0.15, 0.2) is 78.0 Å². The number of anilines is 2. The maximum absolute atomic E-state index is 12.9. The normalized spacial score (nSPS) is 17.4. The predicted octanol–water partition coefficient (Wildman–Crippen LogP) is 6.71. The van der Waals surface area contributed by atoms with Crippen molar-refractivity contribution in [2.45, 2.75) is 45.3 Å². The summed E-state index contributed by atoms with van der Waals surface area (Å²) in [4.78, 5) is 25.4. The number of hydrogen-bond acceptors (Lipinski definition) is 5. The molecule has 1 heterocycles. The summed E-state index contributed by atoms with van der Waals surface area (Å²) >= 11 is 6.08. The number of hydrogen-bond donors (Lipinski definition) is 2. The third kappa shape index (κ3) is 4.69. The molecule has 3 aromatic carbocycles. The lowest BCUT2D eigenvalue weighted by molar-refractivity contribution is -0.108. The van der Waals surface area contributed by atoms with E-state index in [1.54, 1.807) is 12.1 Å². The monoisotopic (exact) mass is 486 g/mol. The van der Waals surface area contributed by atoms with E-state index in [1.807, 2.05) is 50.2 Å². The molecule has 0 amide bonds. The van der Waals surface area contributed by atoms with Gasteiger partial charge in [-0.3, -0.25) is 4.79 Å². The molecule has 6 heteroatoms. The fourth-order valence-electron chi connectivity index (χ4n) is 4.92. The van der Waals surface area contributed by atoms with Crippen LogP contribution in [0.4, 0.5) is 11.4 Å². The topological polar surface area (TPSA) is 67.4 Å². The van der Waals surface area contributed by atoms with Gasteiger partial charge in [-0.05, 0) is 85.2 Å². The van der Waals surface area contributed by atoms with Crippen molar-refractivity contribution in [1.82, 2.24) is 0 Å². The Kier molecular flexibility index (Phi) is 6.35. The molecular weight excluding hydrogens is 460 g/mol. The van der Waals surface area contributed by atoms with E-state index < -0.39 is 17.3 Å². The zero-order chi connectivity index (χ0) is 24.5. The molecule has 0 saturated heterocycles. The van der Waals surface area contributed by atoms with Crippen LogP contribution >= 0.6 is 11.6 Å². The summed E-state index contributed by atoms with van der Waals surface area (Å²) in [6.45, 7) is 3.68. The Balaban J connectivity index is 1.45. The van der Waals surface area contributed by atoms with Crippen molar-refractivity contribution in [2.24, 2.45) is 0 Å². The molecule has 2 unspecified atom stereocenters. The first-order valence-electron chi connectivity index (χ1n) is 11.9. The van der Waals surface area contributed by atoms with Crippen molar-refractivity contribution in [2.75, 3.05) is 10.6 Å². The van der Waals surface area contributed by atoms with Gasteiger partial charge in [-0.15, -0.1) is 0 Å². The van der Waals surface area contributed by atoms with Gasteiger partial charge in [0.25, 0.3) is 5.24 Å². The Morgan fingerprint density at radius 1 is 0.971 bits per heavy atom. The maximum atomic E-state index is 12.9. The third-order valence-electron chi connectivity index (χ3n) is 6.79. The number of rotatable bonds is 5. The molecule has 2 aliphatic rings. The number of esters is 1. The molecule has 35 heavy (non-hydrogen) atoms. The molecule has 2 N–H and O–H groups in total. The second kappa shape index (κ2) is 9.59. The smallest absolute Gasteiger partial charge is 0.338 e. The van der Waals surface area contributed by atoms with Crippen molar-refractivity contribution < 1.29 is 14.3 Å². The summed E-state index contributed by atoms with van der Waals surface area (Å²) < 4.78 is 5.69. The van der Waals surface area contributed by atoms with Gasteiger partial charge in [0.05, 0.1) is 28.6 Å². The molecule has 178 valence electrons. The van der Waals surface area contributed by atoms with Crippen LogP contribution < -0.4 is 10.6 Å². The van der Waals surface area contributed by atoms with Crippen molar-refractivity contribution in [3.05, 3.63) is 106 Å². The second-order valence-electron chi connectivity index (χ2n) is 9.12. The number of ether oxygens (including phenoxy) is 1. The Morgan fingerprint density at radius 2 is 1.74 bits per heavy atom. The van der Waals surface area contributed by atoms with Gasteiger partial charge in [-0.2, -0.15) is 0 Å². The van der Waals surface area contributed by atoms with Crippen LogP contribution in [0.1, 0.15) is 65.0 Å². The molecule has 5 nitrogen and oxygen atoms in total. The SMILES string of the molecule is CC1=C(C(=O)Cl)C(c2ccc3c(c2)CCC3)Nc2ccc(C(=O)OC(C)c3ccccc3)cc2N1. The molecule has 5 rings (SSSR count). The number of carbonyl (C=O) groups excluding carboxylic acids is 2. The number of aryl methyl sites for hydroxylation is 2. The van der Waals surface area contributed by atoms with Gasteiger partial charge in [-0.25, -0.2) is 4.79 Å². The molecule has 2 atom stereocenters. The third-order valence-corrected chi connectivity index (χ3v) is 6.99. The number of carbonyl (C=O) groups is 2. The molecule has 3 aromatic rings. The molecule has 0 fully saturated rings. The minimum absolute atomic E-state index is 0.375. The summed E-state index contributed by atoms with van der Waals surface area (Å²) in [7, 11) is 0. The van der Waals surface area contributed by atoms with Gasteiger partial charge in [-0.1, -0.05) is 48.5 Å². The number of nitrogens with one attached hydrogen (secondary N) is 2. The Morgan fingerprint density at radius 3 is 2.51 bits per heavy atom. The summed E-state index contributed by atoms with van der Waals surface area (Å²) in [6.07, 6.45) is 2.92. The first kappa shape index (κ1) is 23.2. The Bertz CT molecular complexity index is 1330. The number of fused-ring (bicyclic) bond motifs is 2. The number of benzene rings is 3. The molecule has 0 spiro atoms. The minimum Gasteiger partial charge on any atom is -0.454 e. The lowest BCUT2D eigenvalue weighted by Crippen LogP contribution is -2.18. The van der Waals surface area contributed by atoms with Crippen LogP contribution in [-0.4, -0.2) is 11.2 Å². The van der Waals surface area contributed by atoms with Gasteiger partial charge >= 0.3 is 5.97 Å². The fraction of sp³-hybridized carbons (Fsp3) is 0.241. The van der Waals surface area contributed by atoms with Crippen molar-refractivity contribution in [3.8, 4) is 0 Å². The molecule has 0 saturated carbocycles. The highest BCUT2D eigenvalue weighted by Gasteiger charge is 2.29. The van der Waals surface area contributed by atoms with Crippen LogP contribution in [0, 0.1) is 0 Å². The average Bonchev–Trinajstić information content (AvgIpc) is 3.26. The van der Waals surface area contributed by atoms with Crippen LogP contribution in [-0.2, 0) is 22.4 Å². The lowest BCUT2D eigenvalue weighted by atomic mass is 9.95. The van der Waals surface area contributed by atoms with E-state index >= 15 is 0 Å². The summed E-state index contributed by atoms with van der Waals surface area (Å²) in [5.41, 5.74) is 7.59. The average molecular weight is 487 g/mol. The van der Waals surface area contributed by atoms with E-state index in [4.69, 9.17) is 16.3 Å². The highest BCUT2D eigenvalue weighted by molar-refractivity contribution is 6.68. The van der Waals surface area contributed by atoms with Crippen LogP contribution in [0.25, 0.3) is 0 Å². The number of halogens is 1. The quantitative estimate of drug-likeness (QED) is 0.310. The largest absolute Gasteiger partial charge is 0.454 e. The lowest BCUT2D eigenvalue weighted by Gasteiger charge is -2.21. The molecule has 0 aromatic heterocycles. The predicted molar refractivity (Wildman–Crippen MR) is 139 cm³/mol. The molecule has 0 radical (unpaired) electrons.